The van der Waals surface area contributed by atoms with E-state index in [1.54, 1.807) is 15.6 Å². The quantitative estimate of drug-likeness (QED) is 0.837. The van der Waals surface area contributed by atoms with Gasteiger partial charge in [0.1, 0.15) is 5.01 Å². The average molecular weight is 345 g/mol. The number of sulfonamides is 1. The highest BCUT2D eigenvalue weighted by molar-refractivity contribution is 7.89. The molecule has 1 aromatic rings. The van der Waals surface area contributed by atoms with E-state index in [-0.39, 0.29) is 10.7 Å². The molecule has 0 aliphatic carbocycles. The van der Waals surface area contributed by atoms with Crippen LogP contribution in [0.2, 0.25) is 0 Å². The Balaban J connectivity index is 1.71. The summed E-state index contributed by atoms with van der Waals surface area (Å²) in [5.74, 6) is 0. The molecular weight excluding hydrogens is 320 g/mol. The highest BCUT2D eigenvalue weighted by Crippen LogP contribution is 2.33. The summed E-state index contributed by atoms with van der Waals surface area (Å²) < 4.78 is 27.0. The van der Waals surface area contributed by atoms with Gasteiger partial charge < -0.3 is 4.90 Å². The maximum absolute atomic E-state index is 12.6. The molecule has 2 fully saturated rings. The highest BCUT2D eigenvalue weighted by Gasteiger charge is 2.39. The smallest absolute Gasteiger partial charge is 0.218 e. The summed E-state index contributed by atoms with van der Waals surface area (Å²) in [4.78, 5) is 2.07. The van der Waals surface area contributed by atoms with Gasteiger partial charge in [-0.2, -0.15) is 0 Å². The predicted octanol–water partition coefficient (Wildman–Crippen LogP) is 1.84. The van der Waals surface area contributed by atoms with E-state index in [4.69, 9.17) is 0 Å². The van der Waals surface area contributed by atoms with E-state index in [1.165, 1.54) is 0 Å². The van der Waals surface area contributed by atoms with Gasteiger partial charge >= 0.3 is 0 Å². The van der Waals surface area contributed by atoms with Crippen molar-refractivity contribution >= 4 is 26.5 Å². The molecule has 0 saturated carbocycles. The van der Waals surface area contributed by atoms with Crippen molar-refractivity contribution in [1.82, 2.24) is 14.5 Å². The zero-order valence-corrected chi connectivity index (χ0v) is 15.1. The summed E-state index contributed by atoms with van der Waals surface area (Å²) in [5.41, 5.74) is -0.0172. The minimum absolute atomic E-state index is 0.0172. The second kappa shape index (κ2) is 5.72. The minimum atomic E-state index is -3.15. The zero-order valence-electron chi connectivity index (χ0n) is 13.4. The normalized spacial score (nSPS) is 24.3. The molecule has 0 radical (unpaired) electrons. The summed E-state index contributed by atoms with van der Waals surface area (Å²) in [6.45, 7) is 9.00. The van der Waals surface area contributed by atoms with Gasteiger partial charge in [-0.15, -0.1) is 10.2 Å². The lowest BCUT2D eigenvalue weighted by molar-refractivity contribution is 0.467. The van der Waals surface area contributed by atoms with E-state index in [9.17, 15) is 8.42 Å². The van der Waals surface area contributed by atoms with Gasteiger partial charge in [-0.3, -0.25) is 0 Å². The van der Waals surface area contributed by atoms with E-state index < -0.39 is 10.0 Å². The second-order valence-electron chi connectivity index (χ2n) is 7.15. The van der Waals surface area contributed by atoms with Gasteiger partial charge in [0, 0.05) is 31.6 Å². The summed E-state index contributed by atoms with van der Waals surface area (Å²) in [6, 6.07) is 0. The van der Waals surface area contributed by atoms with Gasteiger partial charge in [-0.1, -0.05) is 32.1 Å². The molecule has 2 aliphatic rings. The molecule has 3 heterocycles. The van der Waals surface area contributed by atoms with Crippen LogP contribution in [0.25, 0.3) is 0 Å². The molecule has 124 valence electrons. The third-order valence-corrected chi connectivity index (χ3v) is 8.04. The molecule has 0 N–H and O–H groups in total. The van der Waals surface area contributed by atoms with Crippen molar-refractivity contribution in [2.45, 2.75) is 50.7 Å². The van der Waals surface area contributed by atoms with Crippen molar-refractivity contribution in [1.29, 1.82) is 0 Å². The lowest BCUT2D eigenvalue weighted by Crippen LogP contribution is -2.38. The molecule has 22 heavy (non-hydrogen) atoms. The Morgan fingerprint density at radius 1 is 1.14 bits per heavy atom. The van der Waals surface area contributed by atoms with Crippen LogP contribution in [0.15, 0.2) is 0 Å². The van der Waals surface area contributed by atoms with Crippen molar-refractivity contribution < 1.29 is 8.42 Å². The molecule has 8 heteroatoms. The highest BCUT2D eigenvalue weighted by atomic mass is 32.2. The largest absolute Gasteiger partial charge is 0.345 e. The fourth-order valence-electron chi connectivity index (χ4n) is 2.94. The third kappa shape index (κ3) is 3.00. The van der Waals surface area contributed by atoms with Crippen LogP contribution in [0.5, 0.6) is 0 Å². The Morgan fingerprint density at radius 3 is 2.41 bits per heavy atom. The average Bonchev–Trinajstić information content (AvgIpc) is 3.18. The number of hydrogen-bond donors (Lipinski definition) is 0. The van der Waals surface area contributed by atoms with Crippen LogP contribution in [0.3, 0.4) is 0 Å². The van der Waals surface area contributed by atoms with Gasteiger partial charge in [0.25, 0.3) is 0 Å². The van der Waals surface area contributed by atoms with Crippen LogP contribution in [-0.2, 0) is 15.4 Å². The molecule has 3 rings (SSSR count). The number of rotatable bonds is 3. The summed E-state index contributed by atoms with van der Waals surface area (Å²) >= 11 is 1.58. The van der Waals surface area contributed by atoms with E-state index in [0.29, 0.717) is 26.1 Å². The molecule has 1 atom stereocenters. The fraction of sp³-hybridized carbons (Fsp3) is 0.857. The Morgan fingerprint density at radius 2 is 1.82 bits per heavy atom. The van der Waals surface area contributed by atoms with Gasteiger partial charge in [-0.25, -0.2) is 12.7 Å². The first-order chi connectivity index (χ1) is 10.3. The minimum Gasteiger partial charge on any atom is -0.345 e. The first-order valence-electron chi connectivity index (χ1n) is 7.86. The Kier molecular flexibility index (Phi) is 4.20. The molecule has 1 aromatic heterocycles. The molecule has 0 aromatic carbocycles. The first-order valence-corrected chi connectivity index (χ1v) is 10.2. The van der Waals surface area contributed by atoms with Gasteiger partial charge in [-0.05, 0) is 19.3 Å². The summed E-state index contributed by atoms with van der Waals surface area (Å²) in [5, 5.41) is 10.1. The van der Waals surface area contributed by atoms with Crippen LogP contribution >= 0.6 is 11.3 Å². The molecule has 0 bridgehead atoms. The van der Waals surface area contributed by atoms with Crippen molar-refractivity contribution in [2.24, 2.45) is 0 Å². The van der Waals surface area contributed by atoms with E-state index in [2.05, 4.69) is 35.9 Å². The van der Waals surface area contributed by atoms with Crippen LogP contribution in [0.1, 0.15) is 45.0 Å². The molecule has 1 unspecified atom stereocenters. The Hall–Kier alpha value is -0.730. The molecule has 0 spiro atoms. The van der Waals surface area contributed by atoms with Crippen molar-refractivity contribution in [2.75, 3.05) is 31.1 Å². The number of hydrogen-bond acceptors (Lipinski definition) is 6. The Labute approximate surface area is 136 Å². The summed E-state index contributed by atoms with van der Waals surface area (Å²) in [7, 11) is -3.15. The predicted molar refractivity (Wildman–Crippen MR) is 89.0 cm³/mol. The lowest BCUT2D eigenvalue weighted by atomic mass is 9.98. The molecular formula is C14H24N4O2S2. The Bertz CT molecular complexity index is 630. The van der Waals surface area contributed by atoms with Crippen LogP contribution in [-0.4, -0.2) is 54.3 Å². The van der Waals surface area contributed by atoms with Crippen molar-refractivity contribution in [3.63, 3.8) is 0 Å². The molecule has 2 aliphatic heterocycles. The number of anilines is 1. The third-order valence-electron chi connectivity index (χ3n) is 4.32. The first kappa shape index (κ1) is 16.1. The topological polar surface area (TPSA) is 66.4 Å². The zero-order chi connectivity index (χ0) is 16.0. The number of aromatic nitrogens is 2. The fourth-order valence-corrected chi connectivity index (χ4v) is 5.84. The molecule has 2 saturated heterocycles. The molecule has 6 nitrogen and oxygen atoms in total. The SMILES string of the molecule is CC(C)(C)c1nnc(N2CCC(S(=O)(=O)N3CCCC3)C2)s1. The number of nitrogens with zero attached hydrogens (tertiary/aromatic N) is 4. The standard InChI is InChI=1S/C14H24N4O2S2/c1-14(2,3)12-15-16-13(21-12)17-9-6-11(10-17)22(19,20)18-7-4-5-8-18/h11H,4-10H2,1-3H3. The van der Waals surface area contributed by atoms with E-state index in [1.807, 2.05) is 0 Å². The van der Waals surface area contributed by atoms with Crippen LogP contribution < -0.4 is 4.90 Å². The monoisotopic (exact) mass is 344 g/mol. The van der Waals surface area contributed by atoms with E-state index >= 15 is 0 Å². The van der Waals surface area contributed by atoms with Crippen LogP contribution in [0, 0.1) is 0 Å². The lowest BCUT2D eigenvalue weighted by Gasteiger charge is -2.21. The van der Waals surface area contributed by atoms with Crippen molar-refractivity contribution in [3.8, 4) is 0 Å². The summed E-state index contributed by atoms with van der Waals surface area (Å²) in [6.07, 6.45) is 2.66. The van der Waals surface area contributed by atoms with E-state index in [0.717, 1.165) is 29.5 Å². The second-order valence-corrected chi connectivity index (χ2v) is 10.3. The molecule has 0 amide bonds. The van der Waals surface area contributed by atoms with Crippen molar-refractivity contribution in [3.05, 3.63) is 5.01 Å². The van der Waals surface area contributed by atoms with Crippen LogP contribution in [0.4, 0.5) is 5.13 Å². The maximum atomic E-state index is 12.6. The maximum Gasteiger partial charge on any atom is 0.218 e. The van der Waals surface area contributed by atoms with Gasteiger partial charge in [0.2, 0.25) is 15.2 Å². The van der Waals surface area contributed by atoms with Gasteiger partial charge in [0.05, 0.1) is 5.25 Å². The van der Waals surface area contributed by atoms with Gasteiger partial charge in [0.15, 0.2) is 0 Å².